The first-order valence-electron chi connectivity index (χ1n) is 12.1. The Morgan fingerprint density at radius 1 is 1.15 bits per heavy atom. The number of allylic oxidation sites excluding steroid dienone is 1. The van der Waals surface area contributed by atoms with Crippen molar-refractivity contribution in [1.82, 2.24) is 0 Å². The van der Waals surface area contributed by atoms with E-state index in [1.165, 1.54) is 7.11 Å². The second-order valence-electron chi connectivity index (χ2n) is 11.4. The average molecular weight is 469 g/mol. The summed E-state index contributed by atoms with van der Waals surface area (Å²) in [5.74, 6) is -2.26. The minimum Gasteiger partial charge on any atom is -0.472 e. The van der Waals surface area contributed by atoms with E-state index in [0.717, 1.165) is 29.6 Å². The summed E-state index contributed by atoms with van der Waals surface area (Å²) in [6, 6.07) is 1.82. The Bertz CT molecular complexity index is 1110. The lowest BCUT2D eigenvalue weighted by molar-refractivity contribution is -0.172. The van der Waals surface area contributed by atoms with E-state index in [9.17, 15) is 19.2 Å². The standard InChI is InChI=1S/C27H32O7/c1-25(2)19(12-20(28)32-5)27(4)17-6-8-26(3)18(15(17)10-16(22(25)30)23(27)31)11-21(29)34-24(26)14-7-9-33-13-14/h7,9,13,16-17,19,24H,6,8,10-12H2,1-5H3/t16-,17-,19-,24-,26+,27-/m0/s1. The molecule has 3 fully saturated rings. The molecule has 0 spiro atoms. The molecule has 0 unspecified atom stereocenters. The number of esters is 2. The summed E-state index contributed by atoms with van der Waals surface area (Å²) in [5, 5.41) is 0. The molecule has 0 N–H and O–H groups in total. The van der Waals surface area contributed by atoms with Gasteiger partial charge in [-0.2, -0.15) is 0 Å². The summed E-state index contributed by atoms with van der Waals surface area (Å²) in [5.41, 5.74) is 0.703. The van der Waals surface area contributed by atoms with Crippen molar-refractivity contribution in [2.24, 2.45) is 34.0 Å². The van der Waals surface area contributed by atoms with Gasteiger partial charge in [-0.3, -0.25) is 19.2 Å². The first-order chi connectivity index (χ1) is 16.0. The largest absolute Gasteiger partial charge is 0.472 e. The number of ether oxygens (including phenoxy) is 2. The highest BCUT2D eigenvalue weighted by molar-refractivity contribution is 6.11. The van der Waals surface area contributed by atoms with Crippen LogP contribution in [0.3, 0.4) is 0 Å². The van der Waals surface area contributed by atoms with E-state index in [1.54, 1.807) is 12.5 Å². The molecule has 4 aliphatic rings. The first kappa shape index (κ1) is 23.1. The lowest BCUT2D eigenvalue weighted by atomic mass is 9.41. The Morgan fingerprint density at radius 2 is 1.88 bits per heavy atom. The van der Waals surface area contributed by atoms with Crippen LogP contribution in [0.1, 0.15) is 71.5 Å². The van der Waals surface area contributed by atoms with Gasteiger partial charge < -0.3 is 13.9 Å². The van der Waals surface area contributed by atoms with Crippen molar-refractivity contribution in [1.29, 1.82) is 0 Å². The van der Waals surface area contributed by atoms with Gasteiger partial charge in [0, 0.05) is 21.8 Å². The van der Waals surface area contributed by atoms with Crippen LogP contribution in [0.25, 0.3) is 0 Å². The van der Waals surface area contributed by atoms with E-state index >= 15 is 0 Å². The lowest BCUT2D eigenvalue weighted by Crippen LogP contribution is -2.64. The molecule has 0 aromatic carbocycles. The number of carbonyl (C=O) groups is 4. The molecule has 1 aliphatic heterocycles. The zero-order valence-corrected chi connectivity index (χ0v) is 20.4. The van der Waals surface area contributed by atoms with E-state index in [0.29, 0.717) is 6.42 Å². The SMILES string of the molecule is COC(=O)C[C@H]1C(C)(C)C(=O)[C@@H]2CC3=C4CC(=O)O[C@@H](c5ccoc5)[C@]4(C)CC[C@@H]3[C@]1(C)C2=O. The number of rotatable bonds is 3. The van der Waals surface area contributed by atoms with Crippen molar-refractivity contribution in [2.45, 2.75) is 65.9 Å². The van der Waals surface area contributed by atoms with E-state index < -0.39 is 40.2 Å². The van der Waals surface area contributed by atoms with Gasteiger partial charge in [0.2, 0.25) is 0 Å². The second-order valence-corrected chi connectivity index (χ2v) is 11.4. The van der Waals surface area contributed by atoms with Gasteiger partial charge in [-0.15, -0.1) is 0 Å². The molecule has 182 valence electrons. The van der Waals surface area contributed by atoms with Crippen LogP contribution in [-0.4, -0.2) is 30.6 Å². The van der Waals surface area contributed by atoms with Crippen molar-refractivity contribution >= 4 is 23.5 Å². The fourth-order valence-electron chi connectivity index (χ4n) is 7.76. The summed E-state index contributed by atoms with van der Waals surface area (Å²) in [6.07, 6.45) is 4.68. The molecule has 34 heavy (non-hydrogen) atoms. The molecule has 2 heterocycles. The highest BCUT2D eigenvalue weighted by Gasteiger charge is 2.67. The maximum Gasteiger partial charge on any atom is 0.310 e. The van der Waals surface area contributed by atoms with Crippen LogP contribution in [-0.2, 0) is 28.7 Å². The van der Waals surface area contributed by atoms with Gasteiger partial charge >= 0.3 is 11.9 Å². The minimum atomic E-state index is -0.884. The zero-order valence-electron chi connectivity index (χ0n) is 20.4. The molecular weight excluding hydrogens is 436 g/mol. The maximum atomic E-state index is 13.8. The lowest BCUT2D eigenvalue weighted by Gasteiger charge is -2.61. The van der Waals surface area contributed by atoms with Gasteiger partial charge in [0.15, 0.2) is 0 Å². The van der Waals surface area contributed by atoms with Crippen LogP contribution in [0.4, 0.5) is 0 Å². The van der Waals surface area contributed by atoms with Crippen molar-refractivity contribution in [2.75, 3.05) is 7.11 Å². The van der Waals surface area contributed by atoms with Crippen molar-refractivity contribution in [3.8, 4) is 0 Å². The van der Waals surface area contributed by atoms with Crippen LogP contribution >= 0.6 is 0 Å². The van der Waals surface area contributed by atoms with Gasteiger partial charge in [0.05, 0.1) is 38.4 Å². The van der Waals surface area contributed by atoms with E-state index in [2.05, 4.69) is 6.92 Å². The van der Waals surface area contributed by atoms with Gasteiger partial charge in [0.1, 0.15) is 17.7 Å². The molecule has 2 saturated carbocycles. The summed E-state index contributed by atoms with van der Waals surface area (Å²) >= 11 is 0. The second kappa shape index (κ2) is 7.40. The Balaban J connectivity index is 1.68. The number of hydrogen-bond donors (Lipinski definition) is 0. The topological polar surface area (TPSA) is 99.9 Å². The molecule has 6 atom stereocenters. The van der Waals surface area contributed by atoms with E-state index in [1.807, 2.05) is 26.8 Å². The molecule has 1 aromatic heterocycles. The van der Waals surface area contributed by atoms with Crippen LogP contribution < -0.4 is 0 Å². The molecule has 3 aliphatic carbocycles. The fraction of sp³-hybridized carbons (Fsp3) is 0.630. The number of fused-ring (bicyclic) bond motifs is 5. The van der Waals surface area contributed by atoms with Gasteiger partial charge in [-0.05, 0) is 42.7 Å². The number of ketones is 2. The molecule has 1 saturated heterocycles. The van der Waals surface area contributed by atoms with Gasteiger partial charge in [-0.1, -0.05) is 33.3 Å². The third kappa shape index (κ3) is 2.88. The fourth-order valence-corrected chi connectivity index (χ4v) is 7.76. The number of methoxy groups -OCH3 is 1. The predicted molar refractivity (Wildman–Crippen MR) is 120 cm³/mol. The molecule has 5 rings (SSSR count). The Hall–Kier alpha value is -2.70. The van der Waals surface area contributed by atoms with Crippen molar-refractivity contribution in [3.05, 3.63) is 35.3 Å². The zero-order chi connectivity index (χ0) is 24.6. The van der Waals surface area contributed by atoms with Crippen molar-refractivity contribution in [3.63, 3.8) is 0 Å². The predicted octanol–water partition coefficient (Wildman–Crippen LogP) is 4.36. The third-order valence-corrected chi connectivity index (χ3v) is 9.59. The molecule has 1 aromatic rings. The molecule has 7 heteroatoms. The van der Waals surface area contributed by atoms with Crippen molar-refractivity contribution < 1.29 is 33.1 Å². The number of carbonyl (C=O) groups excluding carboxylic acids is 4. The highest BCUT2D eigenvalue weighted by Crippen LogP contribution is 2.66. The van der Waals surface area contributed by atoms with Gasteiger partial charge in [-0.25, -0.2) is 0 Å². The number of Topliss-reactive ketones (excluding diaryl/α,β-unsaturated/α-hetero) is 2. The summed E-state index contributed by atoms with van der Waals surface area (Å²) < 4.78 is 16.1. The van der Waals surface area contributed by atoms with Gasteiger partial charge in [0.25, 0.3) is 0 Å². The molecule has 0 amide bonds. The van der Waals surface area contributed by atoms with E-state index in [4.69, 9.17) is 13.9 Å². The normalized spacial score (nSPS) is 38.7. The van der Waals surface area contributed by atoms with Crippen LogP contribution in [0.15, 0.2) is 34.2 Å². The maximum absolute atomic E-state index is 13.8. The summed E-state index contributed by atoms with van der Waals surface area (Å²) in [6.45, 7) is 7.77. The third-order valence-electron chi connectivity index (χ3n) is 9.59. The first-order valence-corrected chi connectivity index (χ1v) is 12.1. The summed E-state index contributed by atoms with van der Waals surface area (Å²) in [7, 11) is 1.33. The van der Waals surface area contributed by atoms with Crippen LogP contribution in [0.5, 0.6) is 0 Å². The number of cyclic esters (lactones) is 1. The molecule has 0 radical (unpaired) electrons. The number of furan rings is 1. The quantitative estimate of drug-likeness (QED) is 0.369. The Morgan fingerprint density at radius 3 is 2.53 bits per heavy atom. The Labute approximate surface area is 199 Å². The van der Waals surface area contributed by atoms with Crippen LogP contribution in [0.2, 0.25) is 0 Å². The Kier molecular flexibility index (Phi) is 5.02. The highest BCUT2D eigenvalue weighted by atomic mass is 16.5. The molecular formula is C27H32O7. The monoisotopic (exact) mass is 468 g/mol. The molecule has 7 nitrogen and oxygen atoms in total. The molecule has 2 bridgehead atoms. The summed E-state index contributed by atoms with van der Waals surface area (Å²) in [4.78, 5) is 52.6. The van der Waals surface area contributed by atoms with Crippen LogP contribution in [0, 0.1) is 34.0 Å². The smallest absolute Gasteiger partial charge is 0.310 e. The average Bonchev–Trinajstić information content (AvgIpc) is 3.32. The number of hydrogen-bond acceptors (Lipinski definition) is 7. The minimum absolute atomic E-state index is 0.0142. The van der Waals surface area contributed by atoms with E-state index in [-0.39, 0.29) is 36.3 Å².